The van der Waals surface area contributed by atoms with Gasteiger partial charge in [-0.3, -0.25) is 8.75 Å². The van der Waals surface area contributed by atoms with Crippen LogP contribution in [0.5, 0.6) is 0 Å². The van der Waals surface area contributed by atoms with Gasteiger partial charge in [0.1, 0.15) is 6.35 Å². The molecule has 2 atom stereocenters. The van der Waals surface area contributed by atoms with Gasteiger partial charge in [0, 0.05) is 0 Å². The lowest BCUT2D eigenvalue weighted by atomic mass is 10.2. The molecule has 0 saturated carbocycles. The van der Waals surface area contributed by atoms with Crippen molar-refractivity contribution in [3.63, 3.8) is 0 Å². The molecule has 23 heavy (non-hydrogen) atoms. The van der Waals surface area contributed by atoms with Crippen molar-refractivity contribution in [2.75, 3.05) is 13.0 Å². The van der Waals surface area contributed by atoms with Crippen LogP contribution in [0.25, 0.3) is 0 Å². The van der Waals surface area contributed by atoms with Gasteiger partial charge in [0.25, 0.3) is 10.1 Å². The number of hydrogen-bond donors (Lipinski definition) is 1. The average molecular weight is 366 g/mol. The molecule has 0 saturated heterocycles. The fraction of sp³-hybridized carbons (Fsp3) is 0.571. The Hall–Kier alpha value is -0.760. The Morgan fingerprint density at radius 3 is 2.26 bits per heavy atom. The Kier molecular flexibility index (Phi) is 7.38. The number of aryl methyl sites for hydroxylation is 1. The van der Waals surface area contributed by atoms with Gasteiger partial charge in [0.15, 0.2) is 0 Å². The van der Waals surface area contributed by atoms with Crippen LogP contribution < -0.4 is 0 Å². The molecule has 0 aliphatic heterocycles. The lowest BCUT2D eigenvalue weighted by Gasteiger charge is -2.17. The highest BCUT2D eigenvalue weighted by molar-refractivity contribution is 7.86. The van der Waals surface area contributed by atoms with Crippen LogP contribution in [0.3, 0.4) is 0 Å². The summed E-state index contributed by atoms with van der Waals surface area (Å²) in [5.74, 6) is 0. The molecule has 132 valence electrons. The van der Waals surface area contributed by atoms with Gasteiger partial charge in [-0.25, -0.2) is 0 Å². The number of benzene rings is 1. The summed E-state index contributed by atoms with van der Waals surface area (Å²) in [6, 6.07) is 6.25. The zero-order valence-electron chi connectivity index (χ0n) is 13.6. The third-order valence-corrected chi connectivity index (χ3v) is 5.27. The molecule has 1 unspecified atom stereocenters. The van der Waals surface area contributed by atoms with Crippen molar-refractivity contribution in [2.24, 2.45) is 0 Å². The molecule has 0 bridgehead atoms. The highest BCUT2D eigenvalue weighted by Gasteiger charge is 2.23. The third kappa shape index (κ3) is 7.56. The maximum Gasteiger partial charge on any atom is 0.353 e. The number of rotatable bonds is 9. The van der Waals surface area contributed by atoms with Crippen molar-refractivity contribution < 1.29 is 31.3 Å². The number of hydrogen-bond acceptors (Lipinski definition) is 6. The van der Waals surface area contributed by atoms with Crippen LogP contribution >= 0.6 is 7.60 Å². The van der Waals surface area contributed by atoms with Crippen LogP contribution in [-0.2, 0) is 28.1 Å². The van der Waals surface area contributed by atoms with E-state index >= 15 is 0 Å². The van der Waals surface area contributed by atoms with Gasteiger partial charge < -0.3 is 14.2 Å². The van der Waals surface area contributed by atoms with Gasteiger partial charge >= 0.3 is 7.60 Å². The summed E-state index contributed by atoms with van der Waals surface area (Å²) in [6.45, 7) is 6.44. The summed E-state index contributed by atoms with van der Waals surface area (Å²) >= 11 is 0. The molecule has 1 aromatic rings. The van der Waals surface area contributed by atoms with Crippen LogP contribution in [0, 0.1) is 6.92 Å². The van der Waals surface area contributed by atoms with Gasteiger partial charge in [-0.2, -0.15) is 8.42 Å². The molecule has 0 aliphatic carbocycles. The summed E-state index contributed by atoms with van der Waals surface area (Å²) in [6.07, 6.45) is -1.74. The summed E-state index contributed by atoms with van der Waals surface area (Å²) < 4.78 is 50.6. The first-order valence-electron chi connectivity index (χ1n) is 7.10. The second-order valence-corrected chi connectivity index (χ2v) is 8.78. The summed E-state index contributed by atoms with van der Waals surface area (Å²) in [7, 11) is -7.75. The van der Waals surface area contributed by atoms with E-state index in [0.29, 0.717) is 0 Å². The van der Waals surface area contributed by atoms with Crippen molar-refractivity contribution in [3.05, 3.63) is 29.8 Å². The standard InChI is InChI=1S/C14H23O7PS/c1-11(2)20-22(15,16)10-19-9-13(4)21-23(17,18)14-7-5-12(3)6-8-14/h5-8,11,13H,9-10H2,1-4H3,(H,15,16)/t13-/m1/s1. The topological polar surface area (TPSA) is 99.1 Å². The van der Waals surface area contributed by atoms with E-state index in [9.17, 15) is 17.9 Å². The minimum atomic E-state index is -3.90. The molecule has 1 rings (SSSR count). The molecule has 0 aromatic heterocycles. The van der Waals surface area contributed by atoms with E-state index in [1.807, 2.05) is 6.92 Å². The molecule has 9 heteroatoms. The van der Waals surface area contributed by atoms with Gasteiger partial charge in [-0.1, -0.05) is 17.7 Å². The van der Waals surface area contributed by atoms with Crippen LogP contribution in [0.2, 0.25) is 0 Å². The molecule has 0 radical (unpaired) electrons. The Morgan fingerprint density at radius 1 is 1.17 bits per heavy atom. The van der Waals surface area contributed by atoms with Crippen molar-refractivity contribution in [1.82, 2.24) is 0 Å². The van der Waals surface area contributed by atoms with Crippen LogP contribution in [-0.4, -0.2) is 38.5 Å². The molecule has 0 amide bonds. The Labute approximate surface area is 137 Å². The van der Waals surface area contributed by atoms with E-state index < -0.39 is 36.3 Å². The maximum absolute atomic E-state index is 12.1. The van der Waals surface area contributed by atoms with Gasteiger partial charge in [-0.05, 0) is 39.8 Å². The molecule has 0 fully saturated rings. The smallest absolute Gasteiger partial charge is 0.353 e. The second-order valence-electron chi connectivity index (χ2n) is 5.47. The fourth-order valence-corrected chi connectivity index (χ4v) is 3.82. The predicted molar refractivity (Wildman–Crippen MR) is 85.8 cm³/mol. The molecular formula is C14H23O7PS. The summed E-state index contributed by atoms with van der Waals surface area (Å²) in [5, 5.41) is 0. The second kappa shape index (κ2) is 8.37. The first-order valence-corrected chi connectivity index (χ1v) is 10.3. The van der Waals surface area contributed by atoms with Gasteiger partial charge in [0.05, 0.1) is 23.7 Å². The van der Waals surface area contributed by atoms with Gasteiger partial charge in [-0.15, -0.1) is 0 Å². The van der Waals surface area contributed by atoms with Crippen LogP contribution in [0.4, 0.5) is 0 Å². The zero-order valence-corrected chi connectivity index (χ0v) is 15.3. The van der Waals surface area contributed by atoms with E-state index in [1.54, 1.807) is 26.0 Å². The predicted octanol–water partition coefficient (Wildman–Crippen LogP) is 2.67. The largest absolute Gasteiger partial charge is 0.366 e. The fourth-order valence-electron chi connectivity index (χ4n) is 1.70. The SMILES string of the molecule is Cc1ccc(S(=O)(=O)O[C@H](C)COCP(=O)(O)OC(C)C)cc1. The van der Waals surface area contributed by atoms with Crippen LogP contribution in [0.1, 0.15) is 26.3 Å². The molecule has 1 N–H and O–H groups in total. The first-order chi connectivity index (χ1) is 10.5. The third-order valence-electron chi connectivity index (χ3n) is 2.58. The molecule has 0 spiro atoms. The van der Waals surface area contributed by atoms with E-state index in [4.69, 9.17) is 13.4 Å². The molecule has 1 aromatic carbocycles. The van der Waals surface area contributed by atoms with Crippen molar-refractivity contribution in [1.29, 1.82) is 0 Å². The lowest BCUT2D eigenvalue weighted by molar-refractivity contribution is 0.0713. The van der Waals surface area contributed by atoms with Gasteiger partial charge in [0.2, 0.25) is 0 Å². The summed E-state index contributed by atoms with van der Waals surface area (Å²) in [4.78, 5) is 9.53. The van der Waals surface area contributed by atoms with E-state index in [0.717, 1.165) is 5.56 Å². The van der Waals surface area contributed by atoms with E-state index in [2.05, 4.69) is 0 Å². The Bertz CT molecular complexity index is 640. The minimum Gasteiger partial charge on any atom is -0.366 e. The molecular weight excluding hydrogens is 343 g/mol. The Balaban J connectivity index is 2.51. The highest BCUT2D eigenvalue weighted by atomic mass is 32.2. The van der Waals surface area contributed by atoms with Crippen molar-refractivity contribution in [3.8, 4) is 0 Å². The molecule has 7 nitrogen and oxygen atoms in total. The van der Waals surface area contributed by atoms with Crippen LogP contribution in [0.15, 0.2) is 29.2 Å². The number of ether oxygens (including phenoxy) is 1. The summed E-state index contributed by atoms with van der Waals surface area (Å²) in [5.41, 5.74) is 0.934. The minimum absolute atomic E-state index is 0.0471. The molecule has 0 heterocycles. The highest BCUT2D eigenvalue weighted by Crippen LogP contribution is 2.43. The average Bonchev–Trinajstić information content (AvgIpc) is 2.36. The van der Waals surface area contributed by atoms with Crippen molar-refractivity contribution >= 4 is 17.7 Å². The quantitative estimate of drug-likeness (QED) is 0.530. The van der Waals surface area contributed by atoms with E-state index in [-0.39, 0.29) is 11.5 Å². The first kappa shape index (κ1) is 20.3. The Morgan fingerprint density at radius 2 is 1.74 bits per heavy atom. The van der Waals surface area contributed by atoms with Crippen molar-refractivity contribution in [2.45, 2.75) is 44.8 Å². The maximum atomic E-state index is 12.1. The monoisotopic (exact) mass is 366 g/mol. The molecule has 0 aliphatic rings. The lowest BCUT2D eigenvalue weighted by Crippen LogP contribution is -2.21. The zero-order chi connectivity index (χ0) is 17.7. The normalized spacial score (nSPS) is 16.3. The van der Waals surface area contributed by atoms with E-state index in [1.165, 1.54) is 19.1 Å².